The van der Waals surface area contributed by atoms with Gasteiger partial charge in [-0.2, -0.15) is 4.37 Å². The Balaban J connectivity index is 1.98. The summed E-state index contributed by atoms with van der Waals surface area (Å²) in [6, 6.07) is 4.31. The Kier molecular flexibility index (Phi) is 4.36. The fourth-order valence-corrected chi connectivity index (χ4v) is 3.93. The molecule has 3 N–H and O–H groups in total. The largest absolute Gasteiger partial charge is 0.396 e. The summed E-state index contributed by atoms with van der Waals surface area (Å²) in [5, 5.41) is 10.4. The quantitative estimate of drug-likeness (QED) is 0.908. The molecule has 5 nitrogen and oxygen atoms in total. The molecule has 112 valence electrons. The normalized spacial score (nSPS) is 18.9. The lowest BCUT2D eigenvalue weighted by molar-refractivity contribution is 0.263. The maximum Gasteiger partial charge on any atom is 0.147 e. The van der Waals surface area contributed by atoms with E-state index in [0.29, 0.717) is 11.9 Å². The molecular formula is C15H20N4OS. The number of anilines is 2. The van der Waals surface area contributed by atoms with Crippen LogP contribution in [0.15, 0.2) is 24.5 Å². The van der Waals surface area contributed by atoms with Gasteiger partial charge in [0.1, 0.15) is 10.8 Å². The predicted octanol–water partition coefficient (Wildman–Crippen LogP) is 2.53. The van der Waals surface area contributed by atoms with E-state index in [2.05, 4.69) is 14.3 Å². The fourth-order valence-electron chi connectivity index (χ4n) is 3.00. The Morgan fingerprint density at radius 1 is 1.33 bits per heavy atom. The molecule has 0 spiro atoms. The minimum Gasteiger partial charge on any atom is -0.396 e. The van der Waals surface area contributed by atoms with E-state index in [0.717, 1.165) is 35.5 Å². The third kappa shape index (κ3) is 2.87. The van der Waals surface area contributed by atoms with Crippen LogP contribution >= 0.6 is 11.5 Å². The van der Waals surface area contributed by atoms with Gasteiger partial charge in [0.15, 0.2) is 0 Å². The summed E-state index contributed by atoms with van der Waals surface area (Å²) in [5.41, 5.74) is 8.16. The monoisotopic (exact) mass is 304 g/mol. The van der Waals surface area contributed by atoms with Crippen molar-refractivity contribution in [3.63, 3.8) is 0 Å². The summed E-state index contributed by atoms with van der Waals surface area (Å²) >= 11 is 1.46. The molecule has 2 aromatic heterocycles. The molecule has 1 aliphatic rings. The van der Waals surface area contributed by atoms with Crippen LogP contribution in [-0.4, -0.2) is 33.7 Å². The van der Waals surface area contributed by atoms with Crippen molar-refractivity contribution in [2.45, 2.75) is 31.7 Å². The van der Waals surface area contributed by atoms with Gasteiger partial charge in [-0.15, -0.1) is 0 Å². The van der Waals surface area contributed by atoms with Crippen molar-refractivity contribution in [3.05, 3.63) is 24.5 Å². The minimum absolute atomic E-state index is 0.222. The number of hydrogen-bond acceptors (Lipinski definition) is 6. The van der Waals surface area contributed by atoms with E-state index in [4.69, 9.17) is 5.73 Å². The Hall–Kier alpha value is -1.66. The van der Waals surface area contributed by atoms with Gasteiger partial charge in [-0.05, 0) is 54.9 Å². The average molecular weight is 304 g/mol. The van der Waals surface area contributed by atoms with Crippen LogP contribution in [0.4, 0.5) is 10.8 Å². The van der Waals surface area contributed by atoms with E-state index in [1.165, 1.54) is 24.4 Å². The SMILES string of the molecule is Nc1nsc(N2CCCCC2CCO)c1-c1ccncc1. The number of aromatic nitrogens is 2. The highest BCUT2D eigenvalue weighted by atomic mass is 32.1. The van der Waals surface area contributed by atoms with Gasteiger partial charge >= 0.3 is 0 Å². The highest BCUT2D eigenvalue weighted by Crippen LogP contribution is 2.41. The van der Waals surface area contributed by atoms with Crippen molar-refractivity contribution >= 4 is 22.4 Å². The summed E-state index contributed by atoms with van der Waals surface area (Å²) in [4.78, 5) is 6.45. The van der Waals surface area contributed by atoms with Gasteiger partial charge in [0.05, 0.1) is 5.56 Å². The van der Waals surface area contributed by atoms with Gasteiger partial charge in [0.25, 0.3) is 0 Å². The molecule has 21 heavy (non-hydrogen) atoms. The van der Waals surface area contributed by atoms with Crippen LogP contribution in [0.2, 0.25) is 0 Å². The lowest BCUT2D eigenvalue weighted by atomic mass is 9.99. The summed E-state index contributed by atoms with van der Waals surface area (Å²) in [5.74, 6) is 0.578. The van der Waals surface area contributed by atoms with Crippen LogP contribution in [0, 0.1) is 0 Å². The Bertz CT molecular complexity index is 585. The molecule has 1 unspecified atom stereocenters. The predicted molar refractivity (Wildman–Crippen MR) is 86.4 cm³/mol. The second-order valence-electron chi connectivity index (χ2n) is 5.34. The van der Waals surface area contributed by atoms with Crippen LogP contribution < -0.4 is 10.6 Å². The lowest BCUT2D eigenvalue weighted by Crippen LogP contribution is -2.39. The zero-order valence-electron chi connectivity index (χ0n) is 11.9. The molecule has 3 heterocycles. The van der Waals surface area contributed by atoms with Crippen LogP contribution in [0.5, 0.6) is 0 Å². The molecule has 3 rings (SSSR count). The number of aliphatic hydroxyl groups excluding tert-OH is 1. The van der Waals surface area contributed by atoms with Gasteiger partial charge in [-0.25, -0.2) is 0 Å². The highest BCUT2D eigenvalue weighted by Gasteiger charge is 2.27. The molecule has 0 bridgehead atoms. The first-order chi connectivity index (χ1) is 10.3. The van der Waals surface area contributed by atoms with Crippen molar-refractivity contribution < 1.29 is 5.11 Å². The molecule has 0 aromatic carbocycles. The zero-order valence-corrected chi connectivity index (χ0v) is 12.7. The van der Waals surface area contributed by atoms with Gasteiger partial charge in [-0.3, -0.25) is 4.98 Å². The zero-order chi connectivity index (χ0) is 14.7. The Morgan fingerprint density at radius 3 is 2.90 bits per heavy atom. The molecule has 1 saturated heterocycles. The van der Waals surface area contributed by atoms with Crippen LogP contribution in [0.1, 0.15) is 25.7 Å². The van der Waals surface area contributed by atoms with Crippen molar-refractivity contribution in [1.29, 1.82) is 0 Å². The number of hydrogen-bond donors (Lipinski definition) is 2. The molecule has 0 amide bonds. The number of nitrogen functional groups attached to an aromatic ring is 1. The van der Waals surface area contributed by atoms with E-state index in [1.54, 1.807) is 12.4 Å². The van der Waals surface area contributed by atoms with Crippen LogP contribution in [0.3, 0.4) is 0 Å². The van der Waals surface area contributed by atoms with E-state index in [1.807, 2.05) is 12.1 Å². The van der Waals surface area contributed by atoms with Crippen molar-refractivity contribution in [1.82, 2.24) is 9.36 Å². The molecule has 0 aliphatic carbocycles. The molecule has 0 radical (unpaired) electrons. The molecule has 0 saturated carbocycles. The summed E-state index contributed by atoms with van der Waals surface area (Å²) in [6.07, 6.45) is 7.87. The van der Waals surface area contributed by atoms with E-state index in [-0.39, 0.29) is 6.61 Å². The first-order valence-corrected chi connectivity index (χ1v) is 8.11. The van der Waals surface area contributed by atoms with Crippen molar-refractivity contribution in [2.75, 3.05) is 23.8 Å². The summed E-state index contributed by atoms with van der Waals surface area (Å²) < 4.78 is 4.36. The number of rotatable bonds is 4. The minimum atomic E-state index is 0.222. The standard InChI is InChI=1S/C15H20N4OS/c16-14-13(11-4-7-17-8-5-11)15(21-18-14)19-9-2-1-3-12(19)6-10-20/h4-5,7-8,12,20H,1-3,6,9-10H2,(H2,16,18). The van der Waals surface area contributed by atoms with Gasteiger partial charge in [-0.1, -0.05) is 0 Å². The molecule has 1 aliphatic heterocycles. The van der Waals surface area contributed by atoms with Crippen molar-refractivity contribution in [3.8, 4) is 11.1 Å². The summed E-state index contributed by atoms with van der Waals surface area (Å²) in [7, 11) is 0. The molecule has 1 fully saturated rings. The molecule has 6 heteroatoms. The van der Waals surface area contributed by atoms with E-state index < -0.39 is 0 Å². The highest BCUT2D eigenvalue weighted by molar-refractivity contribution is 7.11. The maximum atomic E-state index is 9.30. The maximum absolute atomic E-state index is 9.30. The molecule has 2 aromatic rings. The number of nitrogens with two attached hydrogens (primary N) is 1. The first kappa shape index (κ1) is 14.3. The third-order valence-corrected chi connectivity index (χ3v) is 4.92. The second-order valence-corrected chi connectivity index (χ2v) is 6.09. The van der Waals surface area contributed by atoms with E-state index in [9.17, 15) is 5.11 Å². The molecular weight excluding hydrogens is 284 g/mol. The Labute approximate surface area is 128 Å². The Morgan fingerprint density at radius 2 is 2.14 bits per heavy atom. The molecule has 1 atom stereocenters. The van der Waals surface area contributed by atoms with Crippen molar-refractivity contribution in [2.24, 2.45) is 0 Å². The second kappa shape index (κ2) is 6.41. The van der Waals surface area contributed by atoms with Crippen LogP contribution in [0.25, 0.3) is 11.1 Å². The topological polar surface area (TPSA) is 75.3 Å². The first-order valence-electron chi connectivity index (χ1n) is 7.34. The van der Waals surface area contributed by atoms with Gasteiger partial charge in [0.2, 0.25) is 0 Å². The number of pyridine rings is 1. The van der Waals surface area contributed by atoms with Gasteiger partial charge in [0, 0.05) is 31.6 Å². The van der Waals surface area contributed by atoms with E-state index >= 15 is 0 Å². The number of piperidine rings is 1. The van der Waals surface area contributed by atoms with Crippen LogP contribution in [-0.2, 0) is 0 Å². The summed E-state index contributed by atoms with van der Waals surface area (Å²) in [6.45, 7) is 1.23. The van der Waals surface area contributed by atoms with Gasteiger partial charge < -0.3 is 15.7 Å². The average Bonchev–Trinajstić information content (AvgIpc) is 2.91. The third-order valence-electron chi connectivity index (χ3n) is 4.02. The smallest absolute Gasteiger partial charge is 0.147 e. The number of aliphatic hydroxyl groups is 1. The fraction of sp³-hybridized carbons (Fsp3) is 0.467. The lowest BCUT2D eigenvalue weighted by Gasteiger charge is -2.36. The number of nitrogens with zero attached hydrogens (tertiary/aromatic N) is 3.